The molecular weight excluding hydrogens is 312 g/mol. The first-order valence-corrected chi connectivity index (χ1v) is 10.3. The number of rotatable bonds is 2. The average Bonchev–Trinajstić information content (AvgIpc) is 2.86. The van der Waals surface area contributed by atoms with Gasteiger partial charge in [-0.15, -0.1) is 0 Å². The molecule has 0 radical (unpaired) electrons. The third-order valence-electron chi connectivity index (χ3n) is 8.19. The Hall–Kier alpha value is -1.12. The van der Waals surface area contributed by atoms with Gasteiger partial charge in [-0.25, -0.2) is 0 Å². The minimum absolute atomic E-state index is 0.103. The van der Waals surface area contributed by atoms with E-state index in [0.717, 1.165) is 37.5 Å². The lowest BCUT2D eigenvalue weighted by Crippen LogP contribution is -2.48. The summed E-state index contributed by atoms with van der Waals surface area (Å²) in [6, 6.07) is 0. The normalized spacial score (nSPS) is 45.9. The molecule has 25 heavy (non-hydrogen) atoms. The number of carbonyl (C=O) groups is 2. The van der Waals surface area contributed by atoms with Crippen molar-refractivity contribution in [3.05, 3.63) is 11.6 Å². The fourth-order valence-electron chi connectivity index (χ4n) is 7.10. The van der Waals surface area contributed by atoms with E-state index in [1.807, 2.05) is 6.08 Å². The van der Waals surface area contributed by atoms with Crippen LogP contribution in [0.15, 0.2) is 11.6 Å². The summed E-state index contributed by atoms with van der Waals surface area (Å²) in [6.45, 7) is 6.20. The Morgan fingerprint density at radius 3 is 2.76 bits per heavy atom. The molecule has 0 aromatic carbocycles. The zero-order valence-corrected chi connectivity index (χ0v) is 15.9. The third-order valence-corrected chi connectivity index (χ3v) is 8.19. The van der Waals surface area contributed by atoms with E-state index in [1.54, 1.807) is 6.92 Å². The molecule has 138 valence electrons. The van der Waals surface area contributed by atoms with Crippen LogP contribution in [0.2, 0.25) is 0 Å². The van der Waals surface area contributed by atoms with Crippen LogP contribution in [0.1, 0.15) is 72.1 Å². The SMILES string of the molecule is CC[C@H]1CC2C3CCC4=CC(=O)CCC4C3CCC2(C)[C@H]1OC(C)=O. The highest BCUT2D eigenvalue weighted by Crippen LogP contribution is 2.64. The molecule has 0 amide bonds. The van der Waals surface area contributed by atoms with Crippen LogP contribution in [0, 0.1) is 35.0 Å². The van der Waals surface area contributed by atoms with Crippen molar-refractivity contribution in [2.45, 2.75) is 78.2 Å². The van der Waals surface area contributed by atoms with Crippen molar-refractivity contribution >= 4 is 11.8 Å². The van der Waals surface area contributed by atoms with Crippen LogP contribution in [-0.4, -0.2) is 17.9 Å². The lowest BCUT2D eigenvalue weighted by Gasteiger charge is -2.53. The minimum Gasteiger partial charge on any atom is -0.462 e. The quantitative estimate of drug-likeness (QED) is 0.682. The van der Waals surface area contributed by atoms with Crippen molar-refractivity contribution in [1.82, 2.24) is 0 Å². The van der Waals surface area contributed by atoms with Gasteiger partial charge in [0.15, 0.2) is 5.78 Å². The lowest BCUT2D eigenvalue weighted by molar-refractivity contribution is -0.159. The number of carbonyl (C=O) groups excluding carboxylic acids is 2. The number of fused-ring (bicyclic) bond motifs is 5. The Balaban J connectivity index is 1.61. The summed E-state index contributed by atoms with van der Waals surface area (Å²) in [6.07, 6.45) is 11.0. The van der Waals surface area contributed by atoms with Gasteiger partial charge in [0.05, 0.1) is 0 Å². The van der Waals surface area contributed by atoms with Crippen LogP contribution < -0.4 is 0 Å². The summed E-state index contributed by atoms with van der Waals surface area (Å²) in [5, 5.41) is 0. The molecule has 0 aromatic heterocycles. The van der Waals surface area contributed by atoms with Gasteiger partial charge in [-0.2, -0.15) is 0 Å². The number of hydrogen-bond donors (Lipinski definition) is 0. The zero-order chi connectivity index (χ0) is 17.8. The standard InChI is InChI=1S/C22H32O3/c1-4-14-12-20-19-7-5-15-11-16(24)6-8-17(15)18(19)9-10-22(20,3)21(14)25-13(2)23/h11,14,17-21H,4-10,12H2,1-3H3/t14-,17?,18?,19?,20?,21-,22?/m0/s1. The van der Waals surface area contributed by atoms with E-state index >= 15 is 0 Å². The molecule has 7 atom stereocenters. The van der Waals surface area contributed by atoms with Gasteiger partial charge in [-0.1, -0.05) is 19.4 Å². The summed E-state index contributed by atoms with van der Waals surface area (Å²) in [7, 11) is 0. The molecule has 0 heterocycles. The Morgan fingerprint density at radius 2 is 2.04 bits per heavy atom. The molecule has 4 aliphatic rings. The summed E-state index contributed by atoms with van der Waals surface area (Å²) in [5.74, 6) is 3.57. The molecule has 0 aromatic rings. The molecule has 0 saturated heterocycles. The van der Waals surface area contributed by atoms with Gasteiger partial charge in [0.2, 0.25) is 0 Å². The highest BCUT2D eigenvalue weighted by Gasteiger charge is 2.60. The summed E-state index contributed by atoms with van der Waals surface area (Å²) < 4.78 is 5.89. The zero-order valence-electron chi connectivity index (χ0n) is 15.9. The molecule has 3 nitrogen and oxygen atoms in total. The predicted octanol–water partition coefficient (Wildman–Crippen LogP) is 4.70. The van der Waals surface area contributed by atoms with E-state index in [1.165, 1.54) is 31.3 Å². The smallest absolute Gasteiger partial charge is 0.302 e. The molecule has 4 rings (SSSR count). The fraction of sp³-hybridized carbons (Fsp3) is 0.818. The van der Waals surface area contributed by atoms with Crippen LogP contribution in [0.5, 0.6) is 0 Å². The summed E-state index contributed by atoms with van der Waals surface area (Å²) in [5.41, 5.74) is 1.60. The minimum atomic E-state index is -0.118. The maximum absolute atomic E-state index is 11.8. The topological polar surface area (TPSA) is 43.4 Å². The highest BCUT2D eigenvalue weighted by atomic mass is 16.5. The predicted molar refractivity (Wildman–Crippen MR) is 96.8 cm³/mol. The Morgan fingerprint density at radius 1 is 1.24 bits per heavy atom. The molecule has 0 spiro atoms. The number of hydrogen-bond acceptors (Lipinski definition) is 3. The maximum Gasteiger partial charge on any atom is 0.302 e. The van der Waals surface area contributed by atoms with Crippen LogP contribution >= 0.6 is 0 Å². The van der Waals surface area contributed by atoms with Crippen LogP contribution in [0.3, 0.4) is 0 Å². The van der Waals surface area contributed by atoms with Gasteiger partial charge in [-0.05, 0) is 80.6 Å². The van der Waals surface area contributed by atoms with Crippen molar-refractivity contribution in [3.8, 4) is 0 Å². The van der Waals surface area contributed by atoms with Gasteiger partial charge in [-0.3, -0.25) is 9.59 Å². The number of esters is 1. The molecule has 0 aliphatic heterocycles. The largest absolute Gasteiger partial charge is 0.462 e. The van der Waals surface area contributed by atoms with Crippen molar-refractivity contribution in [2.24, 2.45) is 35.0 Å². The Labute approximate surface area is 151 Å². The second-order valence-corrected chi connectivity index (χ2v) is 9.28. The average molecular weight is 344 g/mol. The van der Waals surface area contributed by atoms with Crippen molar-refractivity contribution in [2.75, 3.05) is 0 Å². The van der Waals surface area contributed by atoms with E-state index < -0.39 is 0 Å². The van der Waals surface area contributed by atoms with Gasteiger partial charge in [0.1, 0.15) is 6.10 Å². The highest BCUT2D eigenvalue weighted by molar-refractivity contribution is 5.91. The number of ketones is 1. The van der Waals surface area contributed by atoms with Crippen LogP contribution in [0.25, 0.3) is 0 Å². The number of allylic oxidation sites excluding steroid dienone is 1. The van der Waals surface area contributed by atoms with E-state index in [9.17, 15) is 9.59 Å². The first-order chi connectivity index (χ1) is 11.9. The molecule has 4 aliphatic carbocycles. The number of ether oxygens (including phenoxy) is 1. The summed E-state index contributed by atoms with van der Waals surface area (Å²) >= 11 is 0. The summed E-state index contributed by atoms with van der Waals surface area (Å²) in [4.78, 5) is 23.5. The Bertz CT molecular complexity index is 606. The molecule has 0 bridgehead atoms. The van der Waals surface area contributed by atoms with Gasteiger partial charge in [0.25, 0.3) is 0 Å². The maximum atomic E-state index is 11.8. The molecule has 3 fully saturated rings. The first kappa shape index (κ1) is 17.3. The van der Waals surface area contributed by atoms with E-state index in [0.29, 0.717) is 23.5 Å². The fourth-order valence-corrected chi connectivity index (χ4v) is 7.10. The first-order valence-electron chi connectivity index (χ1n) is 10.3. The van der Waals surface area contributed by atoms with E-state index in [2.05, 4.69) is 13.8 Å². The van der Waals surface area contributed by atoms with Gasteiger partial charge >= 0.3 is 5.97 Å². The third kappa shape index (κ3) is 2.69. The van der Waals surface area contributed by atoms with E-state index in [-0.39, 0.29) is 17.5 Å². The molecule has 3 heteroatoms. The van der Waals surface area contributed by atoms with Crippen molar-refractivity contribution in [3.63, 3.8) is 0 Å². The van der Waals surface area contributed by atoms with Crippen LogP contribution in [-0.2, 0) is 14.3 Å². The monoisotopic (exact) mass is 344 g/mol. The lowest BCUT2D eigenvalue weighted by atomic mass is 9.52. The second-order valence-electron chi connectivity index (χ2n) is 9.28. The Kier molecular flexibility index (Phi) is 4.32. The molecular formula is C22H32O3. The second kappa shape index (κ2) is 6.25. The molecule has 5 unspecified atom stereocenters. The van der Waals surface area contributed by atoms with Crippen molar-refractivity contribution in [1.29, 1.82) is 0 Å². The van der Waals surface area contributed by atoms with Crippen molar-refractivity contribution < 1.29 is 14.3 Å². The molecule has 0 N–H and O–H groups in total. The molecule has 3 saturated carbocycles. The van der Waals surface area contributed by atoms with Crippen LogP contribution in [0.4, 0.5) is 0 Å². The van der Waals surface area contributed by atoms with E-state index in [4.69, 9.17) is 4.74 Å². The van der Waals surface area contributed by atoms with Gasteiger partial charge < -0.3 is 4.74 Å². The van der Waals surface area contributed by atoms with Gasteiger partial charge in [0, 0.05) is 18.8 Å².